The average molecular weight is 657 g/mol. The second kappa shape index (κ2) is 11.8. The smallest absolute Gasteiger partial charge is 0.246 e. The molecule has 8 nitrogen and oxygen atoms in total. The Labute approximate surface area is 276 Å². The highest BCUT2D eigenvalue weighted by molar-refractivity contribution is 6.38. The van der Waals surface area contributed by atoms with Gasteiger partial charge in [-0.1, -0.05) is 60.1 Å². The molecule has 4 heterocycles. The molecule has 5 aromatic rings. The number of piperidine rings is 1. The third-order valence-electron chi connectivity index (χ3n) is 9.55. The van der Waals surface area contributed by atoms with E-state index in [4.69, 9.17) is 33.2 Å². The number of aromatic nitrogens is 3. The van der Waals surface area contributed by atoms with Crippen LogP contribution in [0.5, 0.6) is 0 Å². The summed E-state index contributed by atoms with van der Waals surface area (Å²) in [6.45, 7) is 5.58. The minimum Gasteiger partial charge on any atom is -0.351 e. The summed E-state index contributed by atoms with van der Waals surface area (Å²) in [6.07, 6.45) is 4.46. The van der Waals surface area contributed by atoms with Gasteiger partial charge in [-0.15, -0.1) is 0 Å². The van der Waals surface area contributed by atoms with Gasteiger partial charge in [-0.2, -0.15) is 5.26 Å². The zero-order chi connectivity index (χ0) is 32.3. The molecule has 2 aromatic heterocycles. The number of amides is 1. The van der Waals surface area contributed by atoms with Crippen LogP contribution < -0.4 is 4.90 Å². The monoisotopic (exact) mass is 655 g/mol. The van der Waals surface area contributed by atoms with E-state index < -0.39 is 5.82 Å². The third kappa shape index (κ3) is 4.87. The number of nitriles is 1. The molecule has 2 aliphatic rings. The molecule has 0 bridgehead atoms. The van der Waals surface area contributed by atoms with Crippen LogP contribution in [0.4, 0.5) is 10.2 Å². The van der Waals surface area contributed by atoms with Crippen LogP contribution in [0.25, 0.3) is 43.8 Å². The zero-order valence-corrected chi connectivity index (χ0v) is 27.1. The summed E-state index contributed by atoms with van der Waals surface area (Å²) in [4.78, 5) is 28.4. The lowest BCUT2D eigenvalue weighted by Gasteiger charge is -2.43. The van der Waals surface area contributed by atoms with Crippen molar-refractivity contribution in [1.29, 1.82) is 5.26 Å². The van der Waals surface area contributed by atoms with Gasteiger partial charge in [0.05, 0.1) is 29.4 Å². The first-order valence-corrected chi connectivity index (χ1v) is 16.0. The van der Waals surface area contributed by atoms with Crippen molar-refractivity contribution < 1.29 is 9.18 Å². The number of likely N-dealkylation sites (N-methyl/N-ethyl adjacent to an activating group) is 1. The first-order chi connectivity index (χ1) is 22.2. The summed E-state index contributed by atoms with van der Waals surface area (Å²) in [5.41, 5.74) is 2.45. The normalized spacial score (nSPS) is 18.8. The predicted octanol–water partition coefficient (Wildman–Crippen LogP) is 7.23. The van der Waals surface area contributed by atoms with E-state index in [1.54, 1.807) is 23.4 Å². The maximum atomic E-state index is 17.1. The van der Waals surface area contributed by atoms with Crippen LogP contribution in [-0.2, 0) is 4.79 Å². The molecular weight excluding hydrogens is 624 g/mol. The Bertz CT molecular complexity index is 2080. The number of rotatable bonds is 6. The molecule has 1 amide bonds. The fraction of sp³-hybridized carbons (Fsp3) is 0.314. The largest absolute Gasteiger partial charge is 0.351 e. The van der Waals surface area contributed by atoms with Gasteiger partial charge >= 0.3 is 0 Å². The van der Waals surface area contributed by atoms with Crippen molar-refractivity contribution in [2.75, 3.05) is 38.6 Å². The molecule has 0 unspecified atom stereocenters. The molecule has 0 radical (unpaired) electrons. The van der Waals surface area contributed by atoms with Crippen molar-refractivity contribution in [3.05, 3.63) is 77.3 Å². The van der Waals surface area contributed by atoms with Crippen LogP contribution in [0.3, 0.4) is 0 Å². The van der Waals surface area contributed by atoms with Gasteiger partial charge in [0.15, 0.2) is 11.6 Å². The van der Waals surface area contributed by atoms with Gasteiger partial charge in [0.25, 0.3) is 0 Å². The quantitative estimate of drug-likeness (QED) is 0.180. The van der Waals surface area contributed by atoms with Crippen molar-refractivity contribution in [3.63, 3.8) is 0 Å². The molecule has 2 saturated heterocycles. The number of fused-ring (bicyclic) bond motifs is 4. The molecule has 0 aliphatic carbocycles. The second-order valence-corrected chi connectivity index (χ2v) is 13.1. The summed E-state index contributed by atoms with van der Waals surface area (Å²) in [5, 5.41) is 12.5. The topological polar surface area (TPSA) is 81.3 Å². The number of pyridine rings is 1. The number of nitrogens with zero attached hydrogens (tertiary/aromatic N) is 7. The zero-order valence-electron chi connectivity index (χ0n) is 25.6. The maximum absolute atomic E-state index is 17.1. The van der Waals surface area contributed by atoms with E-state index >= 15 is 4.39 Å². The van der Waals surface area contributed by atoms with Gasteiger partial charge in [-0.25, -0.2) is 14.4 Å². The molecule has 7 rings (SSSR count). The number of likely N-dealkylation sites (tertiary alicyclic amines) is 1. The molecule has 2 aliphatic heterocycles. The van der Waals surface area contributed by atoms with E-state index in [0.717, 1.165) is 29.4 Å². The minimum atomic E-state index is -0.524. The number of anilines is 1. The minimum absolute atomic E-state index is 0.0834. The Morgan fingerprint density at radius 2 is 1.93 bits per heavy atom. The molecule has 46 heavy (non-hydrogen) atoms. The maximum Gasteiger partial charge on any atom is 0.246 e. The summed E-state index contributed by atoms with van der Waals surface area (Å²) in [5.74, 6) is -0.0890. The highest BCUT2D eigenvalue weighted by Gasteiger charge is 2.35. The fourth-order valence-electron chi connectivity index (χ4n) is 7.04. The van der Waals surface area contributed by atoms with Gasteiger partial charge < -0.3 is 19.3 Å². The first kappa shape index (κ1) is 30.4. The van der Waals surface area contributed by atoms with Gasteiger partial charge in [0.2, 0.25) is 5.91 Å². The predicted molar refractivity (Wildman–Crippen MR) is 182 cm³/mol. The SMILES string of the molecule is C=CC(=O)N1CC[C@H](n2cnc3c(N4CC(N(C)C)C4)nc4c(F)c(-c5cccc6cccc(Cl)c56)c(Cl)cc4c32)C[C@H]1CC#N. The molecule has 0 saturated carbocycles. The summed E-state index contributed by atoms with van der Waals surface area (Å²) < 4.78 is 19.1. The van der Waals surface area contributed by atoms with Gasteiger partial charge in [-0.3, -0.25) is 4.79 Å². The van der Waals surface area contributed by atoms with Gasteiger partial charge in [0, 0.05) is 59.1 Å². The van der Waals surface area contributed by atoms with E-state index in [-0.39, 0.29) is 40.5 Å². The second-order valence-electron chi connectivity index (χ2n) is 12.3. The summed E-state index contributed by atoms with van der Waals surface area (Å²) >= 11 is 13.6. The van der Waals surface area contributed by atoms with Gasteiger partial charge in [-0.05, 0) is 56.1 Å². The van der Waals surface area contributed by atoms with E-state index in [0.29, 0.717) is 52.7 Å². The van der Waals surface area contributed by atoms with Crippen LogP contribution in [0.2, 0.25) is 10.0 Å². The van der Waals surface area contributed by atoms with E-state index in [1.165, 1.54) is 6.08 Å². The Kier molecular flexibility index (Phi) is 7.84. The number of carbonyl (C=O) groups is 1. The highest BCUT2D eigenvalue weighted by atomic mass is 35.5. The van der Waals surface area contributed by atoms with E-state index in [9.17, 15) is 10.1 Å². The van der Waals surface area contributed by atoms with Crippen LogP contribution in [0, 0.1) is 17.1 Å². The van der Waals surface area contributed by atoms with Crippen LogP contribution >= 0.6 is 23.2 Å². The van der Waals surface area contributed by atoms with Crippen LogP contribution in [-0.4, -0.2) is 76.1 Å². The van der Waals surface area contributed by atoms with Crippen molar-refractivity contribution in [2.24, 2.45) is 0 Å². The fourth-order valence-corrected chi connectivity index (χ4v) is 7.62. The molecule has 2 fully saturated rings. The molecule has 11 heteroatoms. The number of benzene rings is 3. The standard InChI is InChI=1S/C35H32Cl2FN7O/c1-4-28(46)44-14-12-22(15-21(44)11-13-39)45-19-40-33-34(45)25-16-27(37)30(24-9-5-7-20-8-6-10-26(36)29(20)24)31(38)32(25)41-35(33)43-17-23(18-43)42(2)3/h4-10,16,19,21-23H,1,11-12,14-15,17-18H2,2-3H3/t21-,22+/m1/s1. The number of halogens is 3. The highest BCUT2D eigenvalue weighted by Crippen LogP contribution is 2.44. The van der Waals surface area contributed by atoms with Crippen molar-refractivity contribution in [2.45, 2.75) is 37.4 Å². The Balaban J connectivity index is 1.44. The van der Waals surface area contributed by atoms with Crippen LogP contribution in [0.1, 0.15) is 25.3 Å². The lowest BCUT2D eigenvalue weighted by molar-refractivity contribution is -0.130. The molecule has 0 spiro atoms. The lowest BCUT2D eigenvalue weighted by Crippen LogP contribution is -2.57. The van der Waals surface area contributed by atoms with E-state index in [2.05, 4.69) is 27.0 Å². The number of imidazole rings is 1. The Morgan fingerprint density at radius 1 is 1.17 bits per heavy atom. The van der Waals surface area contributed by atoms with E-state index in [1.807, 2.05) is 44.4 Å². The molecule has 234 valence electrons. The number of carbonyl (C=O) groups excluding carboxylic acids is 1. The van der Waals surface area contributed by atoms with Gasteiger partial charge in [0.1, 0.15) is 11.0 Å². The Hall–Kier alpha value is -4.23. The van der Waals surface area contributed by atoms with Crippen LogP contribution in [0.15, 0.2) is 61.4 Å². The first-order valence-electron chi connectivity index (χ1n) is 15.3. The third-order valence-corrected chi connectivity index (χ3v) is 10.2. The number of hydrogen-bond acceptors (Lipinski definition) is 6. The van der Waals surface area contributed by atoms with Crippen molar-refractivity contribution >= 4 is 67.6 Å². The number of hydrogen-bond donors (Lipinski definition) is 0. The average Bonchev–Trinajstić information content (AvgIpc) is 3.46. The van der Waals surface area contributed by atoms with Crippen molar-refractivity contribution in [3.8, 4) is 17.2 Å². The summed E-state index contributed by atoms with van der Waals surface area (Å²) in [6, 6.07) is 15.2. The lowest BCUT2D eigenvalue weighted by atomic mass is 9.94. The Morgan fingerprint density at radius 3 is 2.65 bits per heavy atom. The molecule has 2 atom stereocenters. The molecular formula is C35H32Cl2FN7O. The molecule has 0 N–H and O–H groups in total. The summed E-state index contributed by atoms with van der Waals surface area (Å²) in [7, 11) is 4.09. The molecule has 3 aromatic carbocycles. The van der Waals surface area contributed by atoms with Crippen molar-refractivity contribution in [1.82, 2.24) is 24.3 Å².